The highest BCUT2D eigenvalue weighted by molar-refractivity contribution is 7.99. The smallest absolute Gasteiger partial charge is 0.305 e. The van der Waals surface area contributed by atoms with Gasteiger partial charge in [-0.3, -0.25) is 47.9 Å². The number of carboxylic acid groups (broad SMARTS) is 1. The van der Waals surface area contributed by atoms with E-state index in [0.29, 0.717) is 52.2 Å². The van der Waals surface area contributed by atoms with Gasteiger partial charge >= 0.3 is 5.97 Å². The normalized spacial score (nSPS) is 26.0. The predicted molar refractivity (Wildman–Crippen MR) is 252 cm³/mol. The van der Waals surface area contributed by atoms with Gasteiger partial charge in [0.15, 0.2) is 0 Å². The summed E-state index contributed by atoms with van der Waals surface area (Å²) in [5.41, 5.74) is 1.28. The maximum Gasteiger partial charge on any atom is 0.305 e. The third-order valence-corrected chi connectivity index (χ3v) is 13.9. The lowest BCUT2D eigenvalue weighted by Crippen LogP contribution is -2.60. The Morgan fingerprint density at radius 2 is 1.56 bits per heavy atom. The van der Waals surface area contributed by atoms with Gasteiger partial charge in [0.1, 0.15) is 30.2 Å². The Kier molecular flexibility index (Phi) is 19.1. The van der Waals surface area contributed by atoms with Gasteiger partial charge in [-0.1, -0.05) is 40.5 Å². The lowest BCUT2D eigenvalue weighted by molar-refractivity contribution is -0.146. The van der Waals surface area contributed by atoms with Crippen molar-refractivity contribution >= 4 is 100 Å². The first kappa shape index (κ1) is 53.1. The van der Waals surface area contributed by atoms with Crippen LogP contribution in [0.15, 0.2) is 23.2 Å². The molecule has 2 aromatic rings. The molecule has 9 atom stereocenters. The average Bonchev–Trinajstić information content (AvgIpc) is 3.86. The average molecular weight is 987 g/mol. The lowest BCUT2D eigenvalue weighted by Gasteiger charge is -2.31. The first-order chi connectivity index (χ1) is 32.3. The molecule has 372 valence electrons. The number of aromatic amines is 1. The van der Waals surface area contributed by atoms with Gasteiger partial charge in [-0.2, -0.15) is 12.6 Å². The van der Waals surface area contributed by atoms with Crippen LogP contribution in [-0.4, -0.2) is 153 Å². The molecule has 11 N–H and O–H groups in total. The van der Waals surface area contributed by atoms with Crippen LogP contribution in [0.4, 0.5) is 5.69 Å². The van der Waals surface area contributed by atoms with E-state index in [1.54, 1.807) is 39.0 Å². The SMILES string of the molecule is CCC(C)[C@@H]1NC(=O)[C@@H]2C[C@@H](O)CN2C(=O)[C@H](CC(=O)O)NC(=O)[C@@H]2CSc3[nH]c4ccc(NC(=O)CCCS)cc4c3C[C@@H](NC1=O)C(=O)NCC(=O)NC[C@@H]([C@@H](C)CC)C(=O)NCC(=O)N2. The monoisotopic (exact) mass is 986 g/mol. The van der Waals surface area contributed by atoms with E-state index in [9.17, 15) is 58.2 Å². The van der Waals surface area contributed by atoms with Gasteiger partial charge in [0.05, 0.1) is 36.6 Å². The molecule has 0 saturated carbocycles. The Hall–Kier alpha value is -5.88. The summed E-state index contributed by atoms with van der Waals surface area (Å²) in [6.07, 6.45) is -1.20. The van der Waals surface area contributed by atoms with Gasteiger partial charge in [0.2, 0.25) is 53.2 Å². The van der Waals surface area contributed by atoms with Crippen LogP contribution in [0, 0.1) is 17.8 Å². The van der Waals surface area contributed by atoms with Crippen LogP contribution < -0.4 is 42.5 Å². The van der Waals surface area contributed by atoms with Crippen LogP contribution in [0.3, 0.4) is 0 Å². The molecule has 3 aliphatic rings. The number of fused-ring (bicyclic) bond motifs is 5. The number of rotatable bonds is 10. The number of amides is 9. The highest BCUT2D eigenvalue weighted by atomic mass is 32.2. The summed E-state index contributed by atoms with van der Waals surface area (Å²) >= 11 is 5.18. The van der Waals surface area contributed by atoms with Crippen LogP contribution in [-0.2, 0) is 54.4 Å². The van der Waals surface area contributed by atoms with E-state index in [4.69, 9.17) is 0 Å². The number of aliphatic carboxylic acids is 1. The Morgan fingerprint density at radius 1 is 0.853 bits per heavy atom. The number of anilines is 1. The number of aliphatic hydroxyl groups excluding tert-OH is 1. The third kappa shape index (κ3) is 13.9. The number of hydrogen-bond acceptors (Lipinski definition) is 13. The topological polar surface area (TPSA) is 326 Å². The molecule has 9 amide bonds. The zero-order valence-electron chi connectivity index (χ0n) is 38.4. The van der Waals surface area contributed by atoms with Crippen LogP contribution in [0.1, 0.15) is 71.8 Å². The van der Waals surface area contributed by atoms with Crippen molar-refractivity contribution in [3.63, 3.8) is 0 Å². The van der Waals surface area contributed by atoms with E-state index in [0.717, 1.165) is 16.7 Å². The molecule has 1 aromatic carbocycles. The Morgan fingerprint density at radius 3 is 2.25 bits per heavy atom. The molecule has 1 unspecified atom stereocenters. The molecule has 3 aliphatic heterocycles. The summed E-state index contributed by atoms with van der Waals surface area (Å²) in [6.45, 7) is 5.28. The molecule has 0 spiro atoms. The number of carboxylic acids is 1. The minimum absolute atomic E-state index is 0.171. The number of nitrogens with one attached hydrogen (secondary N) is 9. The fourth-order valence-corrected chi connectivity index (χ4v) is 9.45. The number of carbonyl (C=O) groups is 10. The summed E-state index contributed by atoms with van der Waals surface area (Å²) in [5, 5.41) is 42.6. The minimum Gasteiger partial charge on any atom is -0.481 e. The minimum atomic E-state index is -1.80. The molecule has 5 rings (SSSR count). The fraction of sp³-hybridized carbons (Fsp3) is 0.591. The summed E-state index contributed by atoms with van der Waals surface area (Å²) in [7, 11) is 0. The zero-order chi connectivity index (χ0) is 49.8. The molecule has 1 saturated heterocycles. The summed E-state index contributed by atoms with van der Waals surface area (Å²) in [4.78, 5) is 141. The molecular weight excluding hydrogens is 925 g/mol. The van der Waals surface area contributed by atoms with E-state index in [1.807, 2.05) is 6.92 Å². The van der Waals surface area contributed by atoms with Crippen molar-refractivity contribution in [1.29, 1.82) is 0 Å². The van der Waals surface area contributed by atoms with Gasteiger partial charge in [0, 0.05) is 54.7 Å². The van der Waals surface area contributed by atoms with Gasteiger partial charge in [-0.15, -0.1) is 11.8 Å². The number of carbonyl (C=O) groups excluding carboxylic acids is 9. The van der Waals surface area contributed by atoms with E-state index in [2.05, 4.69) is 60.1 Å². The third-order valence-electron chi connectivity index (χ3n) is 12.5. The molecule has 22 nitrogen and oxygen atoms in total. The number of hydrogen-bond donors (Lipinski definition) is 12. The standard InChI is InChI=1S/C44H62N10O12S2/c1-5-21(3)27-16-45-34(57)17-47-39(62)29-14-26-25-12-23(48-33(56)8-7-11-67)9-10-28(25)52-43(26)68-20-31(49-35(58)18-46-38(27)61)40(63)51-30(15-36(59)60)44(66)54-19-24(55)13-32(54)41(64)53-37(22(4)6-2)42(65)50-29/h9-10,12,21-22,24,27,29-32,37,52,55,67H,5-8,11,13-20H2,1-4H3,(H,45,57)(H,46,61)(H,47,62)(H,48,56)(H,49,58)(H,50,65)(H,51,63)(H,53,64)(H,59,60)/t21-,22?,24+,27-,29+,30-,31-,32-,37-/m0/s1. The molecule has 0 radical (unpaired) electrons. The van der Waals surface area contributed by atoms with Crippen molar-refractivity contribution < 1.29 is 58.2 Å². The van der Waals surface area contributed by atoms with E-state index >= 15 is 0 Å². The van der Waals surface area contributed by atoms with E-state index < -0.39 is 127 Å². The molecule has 1 aromatic heterocycles. The molecular formula is C44H62N10O12S2. The van der Waals surface area contributed by atoms with Crippen molar-refractivity contribution in [3.8, 4) is 0 Å². The fourth-order valence-electron chi connectivity index (χ4n) is 8.18. The number of benzene rings is 1. The molecule has 68 heavy (non-hydrogen) atoms. The highest BCUT2D eigenvalue weighted by Crippen LogP contribution is 2.34. The highest BCUT2D eigenvalue weighted by Gasteiger charge is 2.44. The quantitative estimate of drug-likeness (QED) is 0.126. The van der Waals surface area contributed by atoms with Gasteiger partial charge in [-0.25, -0.2) is 0 Å². The molecule has 2 bridgehead atoms. The maximum atomic E-state index is 14.5. The Bertz CT molecular complexity index is 2260. The first-order valence-electron chi connectivity index (χ1n) is 22.7. The number of thiol groups is 1. The van der Waals surface area contributed by atoms with E-state index in [1.165, 1.54) is 0 Å². The second-order valence-electron chi connectivity index (χ2n) is 17.4. The second-order valence-corrected chi connectivity index (χ2v) is 18.9. The molecule has 24 heteroatoms. The Balaban J connectivity index is 1.70. The number of aliphatic hydroxyl groups is 1. The van der Waals surface area contributed by atoms with Crippen LogP contribution in [0.5, 0.6) is 0 Å². The first-order valence-corrected chi connectivity index (χ1v) is 24.4. The maximum absolute atomic E-state index is 14.5. The van der Waals surface area contributed by atoms with Crippen molar-refractivity contribution in [2.45, 2.75) is 114 Å². The molecule has 0 aliphatic carbocycles. The van der Waals surface area contributed by atoms with Crippen LogP contribution >= 0.6 is 24.4 Å². The summed E-state index contributed by atoms with van der Waals surface area (Å²) in [5.74, 6) is -9.89. The zero-order valence-corrected chi connectivity index (χ0v) is 40.1. The lowest BCUT2D eigenvalue weighted by atomic mass is 9.90. The van der Waals surface area contributed by atoms with Crippen molar-refractivity contribution in [1.82, 2.24) is 47.1 Å². The van der Waals surface area contributed by atoms with E-state index in [-0.39, 0.29) is 43.4 Å². The summed E-state index contributed by atoms with van der Waals surface area (Å²) < 4.78 is 0. The second kappa shape index (κ2) is 24.4. The summed E-state index contributed by atoms with van der Waals surface area (Å²) in [6, 6.07) is -2.56. The molecule has 4 heterocycles. The number of aromatic nitrogens is 1. The number of thioether (sulfide) groups is 1. The van der Waals surface area contributed by atoms with Gasteiger partial charge < -0.3 is 62.6 Å². The predicted octanol–water partition coefficient (Wildman–Crippen LogP) is -1.09. The molecule has 1 fully saturated rings. The van der Waals surface area contributed by atoms with Crippen LogP contribution in [0.25, 0.3) is 10.9 Å². The number of nitrogens with zero attached hydrogens (tertiary/aromatic N) is 1. The van der Waals surface area contributed by atoms with Gasteiger partial charge in [0.25, 0.3) is 0 Å². The largest absolute Gasteiger partial charge is 0.481 e. The van der Waals surface area contributed by atoms with Crippen molar-refractivity contribution in [2.75, 3.05) is 43.0 Å². The van der Waals surface area contributed by atoms with Gasteiger partial charge in [-0.05, 0) is 47.8 Å². The van der Waals surface area contributed by atoms with Crippen molar-refractivity contribution in [2.24, 2.45) is 17.8 Å². The van der Waals surface area contributed by atoms with Crippen LogP contribution in [0.2, 0.25) is 0 Å². The number of H-pyrrole nitrogens is 1. The Labute approximate surface area is 402 Å². The van der Waals surface area contributed by atoms with Crippen molar-refractivity contribution in [3.05, 3.63) is 23.8 Å².